The molecule has 6 rings (SSSR count). The van der Waals surface area contributed by atoms with Gasteiger partial charge in [0.1, 0.15) is 0 Å². The zero-order chi connectivity index (χ0) is 29.7. The lowest BCUT2D eigenvalue weighted by Crippen LogP contribution is -1.93. The van der Waals surface area contributed by atoms with Gasteiger partial charge in [0.15, 0.2) is 0 Å². The zero-order valence-corrected chi connectivity index (χ0v) is 17.0. The summed E-state index contributed by atoms with van der Waals surface area (Å²) in [6.45, 7) is 0. The number of fused-ring (bicyclic) bond motifs is 4. The van der Waals surface area contributed by atoms with Crippen LogP contribution in [0.4, 0.5) is 0 Å². The SMILES string of the molecule is [2H]c1c([2H])c(-n2c3ccccc3c3ccc(Br)cc32)c([2H])c([2H])c1-c1c([2H])c([2H])c([2H])c2c([2H])c([2H])c([2H])c([2H])c12. The Balaban J connectivity index is 1.80. The van der Waals surface area contributed by atoms with Crippen LogP contribution >= 0.6 is 15.9 Å². The summed E-state index contributed by atoms with van der Waals surface area (Å²) >= 11 is 3.47. The van der Waals surface area contributed by atoms with Crippen LogP contribution in [0.1, 0.15) is 15.1 Å². The van der Waals surface area contributed by atoms with E-state index in [2.05, 4.69) is 15.9 Å². The monoisotopic (exact) mass is 458 g/mol. The topological polar surface area (TPSA) is 4.93 Å². The normalized spacial score (nSPS) is 16.6. The molecule has 30 heavy (non-hydrogen) atoms. The Kier molecular flexibility index (Phi) is 2.20. The van der Waals surface area contributed by atoms with Gasteiger partial charge in [0.05, 0.1) is 26.1 Å². The fourth-order valence-corrected chi connectivity index (χ4v) is 4.08. The number of hydrogen-bond donors (Lipinski definition) is 0. The molecular formula is C28H18BrN. The van der Waals surface area contributed by atoms with Crippen LogP contribution < -0.4 is 0 Å². The van der Waals surface area contributed by atoms with Gasteiger partial charge in [-0.15, -0.1) is 0 Å². The van der Waals surface area contributed by atoms with Crippen molar-refractivity contribution >= 4 is 48.5 Å². The standard InChI is InChI=1S/C28H18BrN/c29-21-14-17-26-25-9-3-4-11-27(25)30(28(26)18-21)22-15-12-20(13-16-22)24-10-5-7-19-6-1-2-8-23(19)24/h1-18H/i1D,2D,5D,6D,7D,8D,10D,12D,13D,15D,16D. The Labute approximate surface area is 198 Å². The highest BCUT2D eigenvalue weighted by atomic mass is 79.9. The Hall–Kier alpha value is -3.36. The van der Waals surface area contributed by atoms with E-state index in [1.54, 1.807) is 4.57 Å². The number of nitrogens with zero attached hydrogens (tertiary/aromatic N) is 1. The first kappa shape index (κ1) is 9.63. The Bertz CT molecular complexity index is 2100. The number of benzene rings is 5. The quantitative estimate of drug-likeness (QED) is 0.245. The summed E-state index contributed by atoms with van der Waals surface area (Å²) in [4.78, 5) is 0. The molecule has 1 nitrogen and oxygen atoms in total. The van der Waals surface area contributed by atoms with E-state index in [0.29, 0.717) is 11.0 Å². The number of para-hydroxylation sites is 1. The molecule has 1 aromatic heterocycles. The first-order valence-corrected chi connectivity index (χ1v) is 9.97. The van der Waals surface area contributed by atoms with Crippen molar-refractivity contribution in [2.24, 2.45) is 0 Å². The van der Waals surface area contributed by atoms with Gasteiger partial charge < -0.3 is 4.57 Å². The fourth-order valence-electron chi connectivity index (χ4n) is 3.73. The lowest BCUT2D eigenvalue weighted by molar-refractivity contribution is 1.18. The zero-order valence-electron chi connectivity index (χ0n) is 26.4. The van der Waals surface area contributed by atoms with E-state index in [1.807, 2.05) is 42.5 Å². The molecular weight excluding hydrogens is 430 g/mol. The lowest BCUT2D eigenvalue weighted by Gasteiger charge is -2.11. The molecule has 0 amide bonds. The first-order valence-electron chi connectivity index (χ1n) is 14.7. The molecule has 6 aromatic rings. The van der Waals surface area contributed by atoms with E-state index in [1.165, 1.54) is 0 Å². The molecule has 0 saturated heterocycles. The largest absolute Gasteiger partial charge is 0.309 e. The van der Waals surface area contributed by atoms with E-state index in [0.717, 1.165) is 15.2 Å². The van der Waals surface area contributed by atoms with Crippen LogP contribution in [-0.2, 0) is 0 Å². The molecule has 0 aliphatic heterocycles. The van der Waals surface area contributed by atoms with E-state index in [4.69, 9.17) is 15.1 Å². The highest BCUT2D eigenvalue weighted by Gasteiger charge is 2.12. The number of rotatable bonds is 2. The highest BCUT2D eigenvalue weighted by Crippen LogP contribution is 2.35. The van der Waals surface area contributed by atoms with Gasteiger partial charge in [-0.2, -0.15) is 0 Å². The molecule has 0 spiro atoms. The van der Waals surface area contributed by atoms with Gasteiger partial charge in [0.25, 0.3) is 0 Å². The van der Waals surface area contributed by atoms with Crippen molar-refractivity contribution in [3.63, 3.8) is 0 Å². The van der Waals surface area contributed by atoms with Gasteiger partial charge >= 0.3 is 0 Å². The van der Waals surface area contributed by atoms with Crippen molar-refractivity contribution in [1.29, 1.82) is 0 Å². The van der Waals surface area contributed by atoms with Crippen LogP contribution in [0.5, 0.6) is 0 Å². The second-order valence-electron chi connectivity index (χ2n) is 6.74. The van der Waals surface area contributed by atoms with Crippen LogP contribution in [0.15, 0.2) is 113 Å². The fraction of sp³-hybridized carbons (Fsp3) is 0. The summed E-state index contributed by atoms with van der Waals surface area (Å²) in [6.07, 6.45) is 0. The predicted octanol–water partition coefficient (Wildman–Crippen LogP) is 8.37. The molecule has 1 heterocycles. The van der Waals surface area contributed by atoms with Crippen molar-refractivity contribution in [3.8, 4) is 16.8 Å². The third kappa shape index (κ3) is 2.68. The van der Waals surface area contributed by atoms with Crippen molar-refractivity contribution in [1.82, 2.24) is 4.57 Å². The number of hydrogen-bond acceptors (Lipinski definition) is 0. The maximum Gasteiger partial charge on any atom is 0.0645 e. The first-order chi connectivity index (χ1) is 19.4. The van der Waals surface area contributed by atoms with Gasteiger partial charge in [-0.3, -0.25) is 0 Å². The maximum absolute atomic E-state index is 9.03. The van der Waals surface area contributed by atoms with Crippen LogP contribution in [0.3, 0.4) is 0 Å². The number of aromatic nitrogens is 1. The van der Waals surface area contributed by atoms with Crippen LogP contribution in [0.25, 0.3) is 49.4 Å². The maximum atomic E-state index is 9.03. The van der Waals surface area contributed by atoms with Gasteiger partial charge in [-0.1, -0.05) is 94.6 Å². The summed E-state index contributed by atoms with van der Waals surface area (Å²) in [6, 6.07) is 6.75. The second-order valence-corrected chi connectivity index (χ2v) is 7.65. The van der Waals surface area contributed by atoms with Crippen LogP contribution in [-0.4, -0.2) is 4.57 Å². The molecule has 0 aliphatic carbocycles. The molecule has 0 aliphatic rings. The van der Waals surface area contributed by atoms with Gasteiger partial charge in [0.2, 0.25) is 0 Å². The van der Waals surface area contributed by atoms with Crippen molar-refractivity contribution in [2.75, 3.05) is 0 Å². The van der Waals surface area contributed by atoms with Crippen LogP contribution in [0, 0.1) is 0 Å². The average molecular weight is 459 g/mol. The van der Waals surface area contributed by atoms with E-state index < -0.39 is 66.5 Å². The third-order valence-electron chi connectivity index (χ3n) is 5.03. The highest BCUT2D eigenvalue weighted by molar-refractivity contribution is 9.10. The summed E-state index contributed by atoms with van der Waals surface area (Å²) in [5.74, 6) is 0. The Morgan fingerprint density at radius 3 is 2.33 bits per heavy atom. The molecule has 0 unspecified atom stereocenters. The molecule has 142 valence electrons. The molecule has 0 N–H and O–H groups in total. The minimum atomic E-state index is -0.647. The van der Waals surface area contributed by atoms with Gasteiger partial charge in [0, 0.05) is 20.9 Å². The molecule has 0 radical (unpaired) electrons. The minimum Gasteiger partial charge on any atom is -0.309 e. The summed E-state index contributed by atoms with van der Waals surface area (Å²) in [5.41, 5.74) is 0.540. The molecule has 0 bridgehead atoms. The molecule has 2 heteroatoms. The molecule has 0 fully saturated rings. The van der Waals surface area contributed by atoms with Crippen molar-refractivity contribution < 1.29 is 15.1 Å². The predicted molar refractivity (Wildman–Crippen MR) is 131 cm³/mol. The molecule has 0 saturated carbocycles. The second kappa shape index (κ2) is 6.86. The van der Waals surface area contributed by atoms with Crippen LogP contribution in [0.2, 0.25) is 0 Å². The average Bonchev–Trinajstić information content (AvgIpc) is 3.27. The molecule has 0 atom stereocenters. The Morgan fingerprint density at radius 1 is 0.667 bits per heavy atom. The van der Waals surface area contributed by atoms with Crippen molar-refractivity contribution in [3.05, 3.63) is 113 Å². The van der Waals surface area contributed by atoms with Crippen molar-refractivity contribution in [2.45, 2.75) is 0 Å². The molecule has 5 aromatic carbocycles. The van der Waals surface area contributed by atoms with E-state index in [9.17, 15) is 0 Å². The smallest absolute Gasteiger partial charge is 0.0645 e. The Morgan fingerprint density at radius 2 is 1.43 bits per heavy atom. The summed E-state index contributed by atoms with van der Waals surface area (Å²) in [7, 11) is 0. The summed E-state index contributed by atoms with van der Waals surface area (Å²) in [5, 5.41) is 1.07. The lowest BCUT2D eigenvalue weighted by atomic mass is 9.98. The van der Waals surface area contributed by atoms with E-state index >= 15 is 0 Å². The summed E-state index contributed by atoms with van der Waals surface area (Å²) < 4.78 is 96.9. The van der Waals surface area contributed by atoms with E-state index in [-0.39, 0.29) is 27.6 Å². The van der Waals surface area contributed by atoms with Gasteiger partial charge in [-0.25, -0.2) is 0 Å². The number of halogens is 1. The van der Waals surface area contributed by atoms with Gasteiger partial charge in [-0.05, 0) is 52.2 Å². The minimum absolute atomic E-state index is 0.0333. The third-order valence-corrected chi connectivity index (χ3v) is 5.53.